The second-order valence-electron chi connectivity index (χ2n) is 18.3. The van der Waals surface area contributed by atoms with Crippen LogP contribution in [0.25, 0.3) is 83.3 Å². The summed E-state index contributed by atoms with van der Waals surface area (Å²) in [4.78, 5) is 14.7. The topological polar surface area (TPSA) is 56.7 Å². The standard InChI is InChI=1S/C40H32N3O.C17H22NSi.Ir/c1-24(2)32-21-27(26-13-6-5-7-14-26)22-33(25(3)4)37(32)43-38-30-16-8-10-19-34(30)41-23-35(38)42-40(43)31-18-12-17-29-28-15-9-11-20-36(28)44-39(29)31;1-13(2)15-11-16(14-9-7-6-8-10-14)18-12-17(15)19(3,4)5;/h5-17,19-25H,1-4H3;6-9,11-13H,1-5H3;/q2*-1;/i;13D;. The molecule has 10 rings (SSSR count). The van der Waals surface area contributed by atoms with Crippen molar-refractivity contribution in [2.24, 2.45) is 0 Å². The van der Waals surface area contributed by atoms with Gasteiger partial charge in [-0.15, -0.1) is 54.1 Å². The second-order valence-corrected chi connectivity index (χ2v) is 23.3. The Kier molecular flexibility index (Phi) is 12.3. The molecule has 1 radical (unpaired) electrons. The minimum absolute atomic E-state index is 0. The van der Waals surface area contributed by atoms with Gasteiger partial charge in [0.05, 0.1) is 42.2 Å². The van der Waals surface area contributed by atoms with E-state index in [-0.39, 0.29) is 31.9 Å². The van der Waals surface area contributed by atoms with Crippen LogP contribution >= 0.6 is 0 Å². The fraction of sp³-hybridized carbons (Fsp3) is 0.211. The zero-order valence-electron chi connectivity index (χ0n) is 39.0. The Morgan fingerprint density at radius 3 is 1.97 bits per heavy atom. The first-order valence-electron chi connectivity index (χ1n) is 22.5. The Bertz CT molecular complexity index is 3280. The van der Waals surface area contributed by atoms with Gasteiger partial charge in [0.1, 0.15) is 5.58 Å². The van der Waals surface area contributed by atoms with E-state index in [0.717, 1.165) is 72.1 Å². The van der Waals surface area contributed by atoms with Crippen LogP contribution in [0, 0.1) is 12.1 Å². The molecule has 0 aliphatic rings. The van der Waals surface area contributed by atoms with Crippen molar-refractivity contribution in [1.82, 2.24) is 19.5 Å². The van der Waals surface area contributed by atoms with Crippen LogP contribution in [-0.4, -0.2) is 27.6 Å². The van der Waals surface area contributed by atoms with Gasteiger partial charge in [-0.25, -0.2) is 0 Å². The summed E-state index contributed by atoms with van der Waals surface area (Å²) in [7, 11) is -1.50. The first-order chi connectivity index (χ1) is 30.7. The number of rotatable bonds is 8. The monoisotopic (exact) mass is 1030 g/mol. The average Bonchev–Trinajstić information content (AvgIpc) is 3.88. The van der Waals surface area contributed by atoms with E-state index in [2.05, 4.69) is 154 Å². The van der Waals surface area contributed by atoms with E-state index in [1.165, 1.54) is 33.1 Å². The fourth-order valence-electron chi connectivity index (χ4n) is 8.73. The van der Waals surface area contributed by atoms with Crippen LogP contribution in [0.1, 0.15) is 77.3 Å². The molecular formula is C57H54IrN4OSi-2. The van der Waals surface area contributed by atoms with Crippen LogP contribution in [0.15, 0.2) is 150 Å². The molecule has 4 heterocycles. The molecule has 0 aliphatic carbocycles. The molecule has 64 heavy (non-hydrogen) atoms. The smallest absolute Gasteiger partial charge is 0.120 e. The van der Waals surface area contributed by atoms with Crippen molar-refractivity contribution in [3.8, 4) is 39.5 Å². The van der Waals surface area contributed by atoms with E-state index in [9.17, 15) is 0 Å². The molecule has 0 atom stereocenters. The van der Waals surface area contributed by atoms with Crippen molar-refractivity contribution in [2.45, 2.75) is 78.9 Å². The molecule has 0 saturated heterocycles. The van der Waals surface area contributed by atoms with Crippen LogP contribution in [0.2, 0.25) is 19.6 Å². The molecule has 6 aromatic carbocycles. The summed E-state index contributed by atoms with van der Waals surface area (Å²) in [6.45, 7) is 19.9. The van der Waals surface area contributed by atoms with Crippen LogP contribution in [0.4, 0.5) is 0 Å². The molecule has 0 amide bonds. The molecule has 323 valence electrons. The van der Waals surface area contributed by atoms with Gasteiger partial charge in [-0.1, -0.05) is 150 Å². The van der Waals surface area contributed by atoms with Gasteiger partial charge in [-0.2, -0.15) is 0 Å². The van der Waals surface area contributed by atoms with Gasteiger partial charge in [0.2, 0.25) is 0 Å². The third kappa shape index (κ3) is 8.41. The van der Waals surface area contributed by atoms with Gasteiger partial charge in [-0.05, 0) is 75.1 Å². The summed E-state index contributed by atoms with van der Waals surface area (Å²) in [6, 6.07) is 52.7. The molecule has 0 aliphatic heterocycles. The SMILES string of the molecule is CC(C)c1cc(-c2ccccc2)cc(C(C)C)c1-n1c(-c2[c-]ccc3c2oc2ccccc23)nc2cnc3ccccc3c21.[2H]C(C)(C)c1cc(-c2[c-]cccc2)ncc1[Si](C)(C)C.[Ir]. The third-order valence-corrected chi connectivity index (χ3v) is 13.9. The molecule has 5 nitrogen and oxygen atoms in total. The number of fused-ring (bicyclic) bond motifs is 6. The van der Waals surface area contributed by atoms with E-state index in [1.807, 2.05) is 74.8 Å². The van der Waals surface area contributed by atoms with Crippen molar-refractivity contribution in [2.75, 3.05) is 0 Å². The first-order valence-corrected chi connectivity index (χ1v) is 25.5. The largest absolute Gasteiger partial charge is 0.501 e. The molecule has 10 aromatic rings. The predicted octanol–water partition coefficient (Wildman–Crippen LogP) is 15.1. The molecular weight excluding hydrogens is 977 g/mol. The van der Waals surface area contributed by atoms with Crippen LogP contribution in [-0.2, 0) is 20.1 Å². The van der Waals surface area contributed by atoms with Crippen molar-refractivity contribution in [1.29, 1.82) is 0 Å². The van der Waals surface area contributed by atoms with Crippen molar-refractivity contribution in [3.63, 3.8) is 0 Å². The van der Waals surface area contributed by atoms with E-state index >= 15 is 0 Å². The quantitative estimate of drug-likeness (QED) is 0.112. The normalized spacial score (nSPS) is 12.2. The van der Waals surface area contributed by atoms with Gasteiger partial charge in [0.25, 0.3) is 0 Å². The van der Waals surface area contributed by atoms with Crippen molar-refractivity contribution < 1.29 is 25.9 Å². The fourth-order valence-corrected chi connectivity index (χ4v) is 10.3. The van der Waals surface area contributed by atoms with Crippen LogP contribution in [0.3, 0.4) is 0 Å². The van der Waals surface area contributed by atoms with E-state index in [1.54, 1.807) is 0 Å². The van der Waals surface area contributed by atoms with E-state index in [0.29, 0.717) is 0 Å². The zero-order valence-corrected chi connectivity index (χ0v) is 41.4. The summed E-state index contributed by atoms with van der Waals surface area (Å²) in [5.74, 6) is 0.715. The Morgan fingerprint density at radius 1 is 0.625 bits per heavy atom. The Balaban J connectivity index is 0.000000232. The Hall–Kier alpha value is -5.98. The maximum atomic E-state index is 8.44. The molecule has 0 N–H and O–H groups in total. The molecule has 0 bridgehead atoms. The predicted molar refractivity (Wildman–Crippen MR) is 267 cm³/mol. The number of imidazole rings is 1. The molecule has 7 heteroatoms. The number of aromatic nitrogens is 4. The minimum Gasteiger partial charge on any atom is -0.501 e. The maximum absolute atomic E-state index is 8.44. The molecule has 4 aromatic heterocycles. The number of pyridine rings is 2. The van der Waals surface area contributed by atoms with Crippen molar-refractivity contribution >= 4 is 57.1 Å². The first kappa shape index (κ1) is 43.3. The molecule has 0 spiro atoms. The van der Waals surface area contributed by atoms with Crippen LogP contribution < -0.4 is 5.19 Å². The minimum atomic E-state index is -1.50. The summed E-state index contributed by atoms with van der Waals surface area (Å²) in [5, 5.41) is 4.49. The number of nitrogens with zero attached hydrogens (tertiary/aromatic N) is 4. The number of para-hydroxylation sites is 2. The van der Waals surface area contributed by atoms with Gasteiger partial charge >= 0.3 is 0 Å². The van der Waals surface area contributed by atoms with Gasteiger partial charge in [0.15, 0.2) is 0 Å². The summed E-state index contributed by atoms with van der Waals surface area (Å²) >= 11 is 0. The molecule has 0 saturated carbocycles. The van der Waals surface area contributed by atoms with Crippen molar-refractivity contribution in [3.05, 3.63) is 175 Å². The second kappa shape index (κ2) is 18.2. The average molecular weight is 1030 g/mol. The maximum Gasteiger partial charge on any atom is 0.120 e. The van der Waals surface area contributed by atoms with Crippen LogP contribution in [0.5, 0.6) is 0 Å². The van der Waals surface area contributed by atoms with Gasteiger partial charge in [0, 0.05) is 44.1 Å². The Morgan fingerprint density at radius 2 is 1.30 bits per heavy atom. The summed E-state index contributed by atoms with van der Waals surface area (Å²) in [6.07, 6.45) is 3.88. The van der Waals surface area contributed by atoms with E-state index < -0.39 is 14.0 Å². The summed E-state index contributed by atoms with van der Waals surface area (Å²) in [5.41, 5.74) is 14.5. The number of hydrogen-bond acceptors (Lipinski definition) is 4. The van der Waals surface area contributed by atoms with Gasteiger partial charge < -0.3 is 14.0 Å². The zero-order chi connectivity index (χ0) is 44.9. The Labute approximate surface area is 393 Å². The third-order valence-electron chi connectivity index (χ3n) is 11.9. The van der Waals surface area contributed by atoms with Gasteiger partial charge in [-0.3, -0.25) is 9.97 Å². The number of furan rings is 1. The molecule has 0 fully saturated rings. The van der Waals surface area contributed by atoms with E-state index in [4.69, 9.17) is 15.8 Å². The number of hydrogen-bond donors (Lipinski definition) is 0. The molecule has 0 unspecified atom stereocenters. The summed E-state index contributed by atoms with van der Waals surface area (Å²) < 4.78 is 17.4. The number of benzene rings is 6.